The summed E-state index contributed by atoms with van der Waals surface area (Å²) >= 11 is 0. The SMILES string of the molecule is CCc1ccnnc1C(F)(F)F. The summed E-state index contributed by atoms with van der Waals surface area (Å²) in [6.45, 7) is 1.65. The summed E-state index contributed by atoms with van der Waals surface area (Å²) in [5.41, 5.74) is -0.704. The van der Waals surface area contributed by atoms with Crippen LogP contribution in [0.5, 0.6) is 0 Å². The normalized spacial score (nSPS) is 11.7. The zero-order valence-electron chi connectivity index (χ0n) is 6.39. The van der Waals surface area contributed by atoms with Crippen molar-refractivity contribution < 1.29 is 13.2 Å². The Morgan fingerprint density at radius 1 is 1.42 bits per heavy atom. The highest BCUT2D eigenvalue weighted by atomic mass is 19.4. The molecule has 5 heteroatoms. The Labute approximate surface area is 67.4 Å². The smallest absolute Gasteiger partial charge is 0.164 e. The van der Waals surface area contributed by atoms with Crippen LogP contribution in [-0.4, -0.2) is 10.2 Å². The average Bonchev–Trinajstić information content (AvgIpc) is 2.03. The average molecular weight is 176 g/mol. The Hall–Kier alpha value is -1.13. The van der Waals surface area contributed by atoms with Crippen molar-refractivity contribution in [1.82, 2.24) is 10.2 Å². The number of alkyl halides is 3. The summed E-state index contributed by atoms with van der Waals surface area (Å²) in [4.78, 5) is 0. The van der Waals surface area contributed by atoms with Crippen molar-refractivity contribution in [1.29, 1.82) is 0 Å². The van der Waals surface area contributed by atoms with Crippen molar-refractivity contribution >= 4 is 0 Å². The maximum Gasteiger partial charge on any atom is 0.435 e. The molecule has 0 aliphatic rings. The number of nitrogens with zero attached hydrogens (tertiary/aromatic N) is 2. The van der Waals surface area contributed by atoms with Gasteiger partial charge in [0.2, 0.25) is 0 Å². The molecule has 0 atom stereocenters. The van der Waals surface area contributed by atoms with Gasteiger partial charge in [0.15, 0.2) is 5.69 Å². The van der Waals surface area contributed by atoms with Crippen LogP contribution >= 0.6 is 0 Å². The van der Waals surface area contributed by atoms with E-state index in [1.807, 2.05) is 0 Å². The molecule has 2 nitrogen and oxygen atoms in total. The molecular weight excluding hydrogens is 169 g/mol. The molecule has 66 valence electrons. The molecule has 0 bridgehead atoms. The van der Waals surface area contributed by atoms with Gasteiger partial charge in [0.05, 0.1) is 0 Å². The molecule has 0 amide bonds. The molecule has 0 aliphatic carbocycles. The monoisotopic (exact) mass is 176 g/mol. The molecular formula is C7H7F3N2. The van der Waals surface area contributed by atoms with E-state index in [0.29, 0.717) is 6.42 Å². The zero-order chi connectivity index (χ0) is 9.19. The number of rotatable bonds is 1. The van der Waals surface area contributed by atoms with Crippen LogP contribution in [0.4, 0.5) is 13.2 Å². The van der Waals surface area contributed by atoms with Crippen LogP contribution in [0.25, 0.3) is 0 Å². The fourth-order valence-electron chi connectivity index (χ4n) is 0.882. The van der Waals surface area contributed by atoms with E-state index in [1.165, 1.54) is 12.3 Å². The van der Waals surface area contributed by atoms with E-state index in [9.17, 15) is 13.2 Å². The largest absolute Gasteiger partial charge is 0.435 e. The van der Waals surface area contributed by atoms with Crippen molar-refractivity contribution in [3.05, 3.63) is 23.5 Å². The van der Waals surface area contributed by atoms with Gasteiger partial charge in [-0.05, 0) is 18.1 Å². The van der Waals surface area contributed by atoms with Crippen LogP contribution in [0, 0.1) is 0 Å². The number of hydrogen-bond donors (Lipinski definition) is 0. The third-order valence-corrected chi connectivity index (χ3v) is 1.45. The molecule has 0 spiro atoms. The fourth-order valence-corrected chi connectivity index (χ4v) is 0.882. The van der Waals surface area contributed by atoms with Crippen LogP contribution in [-0.2, 0) is 12.6 Å². The van der Waals surface area contributed by atoms with Crippen molar-refractivity contribution in [2.75, 3.05) is 0 Å². The predicted molar refractivity (Wildman–Crippen MR) is 36.4 cm³/mol. The van der Waals surface area contributed by atoms with Crippen LogP contribution < -0.4 is 0 Å². The van der Waals surface area contributed by atoms with Crippen LogP contribution in [0.2, 0.25) is 0 Å². The first-order chi connectivity index (χ1) is 5.55. The third kappa shape index (κ3) is 1.72. The predicted octanol–water partition coefficient (Wildman–Crippen LogP) is 2.06. The molecule has 0 aliphatic heterocycles. The van der Waals surface area contributed by atoms with Gasteiger partial charge in [0.25, 0.3) is 0 Å². The standard InChI is InChI=1S/C7H7F3N2/c1-2-5-3-4-11-12-6(5)7(8,9)10/h3-4H,2H2,1H3. The Balaban J connectivity index is 3.14. The lowest BCUT2D eigenvalue weighted by molar-refractivity contribution is -0.142. The highest BCUT2D eigenvalue weighted by Crippen LogP contribution is 2.29. The minimum Gasteiger partial charge on any atom is -0.164 e. The number of halogens is 3. The van der Waals surface area contributed by atoms with Crippen molar-refractivity contribution in [2.24, 2.45) is 0 Å². The van der Waals surface area contributed by atoms with E-state index < -0.39 is 11.9 Å². The van der Waals surface area contributed by atoms with Gasteiger partial charge in [-0.2, -0.15) is 18.3 Å². The second kappa shape index (κ2) is 3.08. The molecule has 0 unspecified atom stereocenters. The zero-order valence-corrected chi connectivity index (χ0v) is 6.39. The molecule has 1 heterocycles. The van der Waals surface area contributed by atoms with Crippen LogP contribution in [0.3, 0.4) is 0 Å². The van der Waals surface area contributed by atoms with Crippen molar-refractivity contribution in [3.8, 4) is 0 Å². The Morgan fingerprint density at radius 3 is 2.50 bits per heavy atom. The first-order valence-corrected chi connectivity index (χ1v) is 3.43. The highest BCUT2D eigenvalue weighted by molar-refractivity contribution is 5.19. The summed E-state index contributed by atoms with van der Waals surface area (Å²) in [5, 5.41) is 6.24. The van der Waals surface area contributed by atoms with E-state index in [0.717, 1.165) is 0 Å². The van der Waals surface area contributed by atoms with Gasteiger partial charge in [0, 0.05) is 6.20 Å². The molecule has 0 fully saturated rings. The first-order valence-electron chi connectivity index (χ1n) is 3.43. The molecule has 0 radical (unpaired) electrons. The number of aromatic nitrogens is 2. The Morgan fingerprint density at radius 2 is 2.08 bits per heavy atom. The lowest BCUT2D eigenvalue weighted by Gasteiger charge is -2.07. The quantitative estimate of drug-likeness (QED) is 0.654. The van der Waals surface area contributed by atoms with Crippen LogP contribution in [0.15, 0.2) is 12.3 Å². The molecule has 0 saturated heterocycles. The Bertz CT molecular complexity index is 270. The summed E-state index contributed by atoms with van der Waals surface area (Å²) < 4.78 is 36.4. The van der Waals surface area contributed by atoms with Gasteiger partial charge in [-0.3, -0.25) is 0 Å². The summed E-state index contributed by atoms with van der Waals surface area (Å²) in [7, 11) is 0. The van der Waals surface area contributed by atoms with Gasteiger partial charge >= 0.3 is 6.18 Å². The molecule has 1 aromatic rings. The lowest BCUT2D eigenvalue weighted by atomic mass is 10.1. The third-order valence-electron chi connectivity index (χ3n) is 1.45. The lowest BCUT2D eigenvalue weighted by Crippen LogP contribution is -2.12. The van der Waals surface area contributed by atoms with Gasteiger partial charge in [-0.1, -0.05) is 6.92 Å². The van der Waals surface area contributed by atoms with Gasteiger partial charge in [0.1, 0.15) is 0 Å². The molecule has 1 aromatic heterocycles. The van der Waals surface area contributed by atoms with Crippen LogP contribution in [0.1, 0.15) is 18.2 Å². The fraction of sp³-hybridized carbons (Fsp3) is 0.429. The van der Waals surface area contributed by atoms with Gasteiger partial charge < -0.3 is 0 Å². The summed E-state index contributed by atoms with van der Waals surface area (Å²) in [5.74, 6) is 0. The molecule has 0 aromatic carbocycles. The first kappa shape index (κ1) is 8.96. The topological polar surface area (TPSA) is 25.8 Å². The van der Waals surface area contributed by atoms with E-state index in [4.69, 9.17) is 0 Å². The Kier molecular flexibility index (Phi) is 2.30. The number of aryl methyl sites for hydroxylation is 1. The minimum absolute atomic E-state index is 0.178. The van der Waals surface area contributed by atoms with E-state index in [-0.39, 0.29) is 5.56 Å². The van der Waals surface area contributed by atoms with Crippen molar-refractivity contribution in [3.63, 3.8) is 0 Å². The molecule has 1 rings (SSSR count). The maximum atomic E-state index is 12.1. The van der Waals surface area contributed by atoms with E-state index >= 15 is 0 Å². The summed E-state index contributed by atoms with van der Waals surface area (Å²) in [6, 6.07) is 1.33. The molecule has 0 saturated carbocycles. The second-order valence-corrected chi connectivity index (χ2v) is 2.26. The minimum atomic E-state index is -4.39. The highest BCUT2D eigenvalue weighted by Gasteiger charge is 2.35. The van der Waals surface area contributed by atoms with E-state index in [1.54, 1.807) is 6.92 Å². The van der Waals surface area contributed by atoms with Gasteiger partial charge in [-0.25, -0.2) is 0 Å². The van der Waals surface area contributed by atoms with Gasteiger partial charge in [-0.15, -0.1) is 5.10 Å². The number of hydrogen-bond acceptors (Lipinski definition) is 2. The molecule has 0 N–H and O–H groups in total. The summed E-state index contributed by atoms with van der Waals surface area (Å²) in [6.07, 6.45) is -2.82. The second-order valence-electron chi connectivity index (χ2n) is 2.26. The molecule has 12 heavy (non-hydrogen) atoms. The maximum absolute atomic E-state index is 12.1. The van der Waals surface area contributed by atoms with Crippen molar-refractivity contribution in [2.45, 2.75) is 19.5 Å². The van der Waals surface area contributed by atoms with E-state index in [2.05, 4.69) is 10.2 Å².